The Morgan fingerprint density at radius 2 is 1.83 bits per heavy atom. The Labute approximate surface area is 144 Å². The minimum atomic E-state index is -2.80. The van der Waals surface area contributed by atoms with E-state index in [1.165, 1.54) is 0 Å². The minimum absolute atomic E-state index is 0.0115. The maximum atomic E-state index is 12.2. The summed E-state index contributed by atoms with van der Waals surface area (Å²) in [5.41, 5.74) is 2.15. The van der Waals surface area contributed by atoms with Crippen LogP contribution in [0.5, 0.6) is 5.75 Å². The third kappa shape index (κ3) is 4.66. The smallest absolute Gasteiger partial charge is 0.387 e. The van der Waals surface area contributed by atoms with Gasteiger partial charge in [0.25, 0.3) is 0 Å². The zero-order valence-corrected chi connectivity index (χ0v) is 13.8. The van der Waals surface area contributed by atoms with Crippen LogP contribution in [0.15, 0.2) is 48.5 Å². The van der Waals surface area contributed by atoms with Crippen molar-refractivity contribution >= 4 is 11.6 Å². The van der Waals surface area contributed by atoms with Gasteiger partial charge in [0.2, 0.25) is 0 Å². The molecule has 0 unspecified atom stereocenters. The molecule has 2 aromatic carbocycles. The molecule has 0 radical (unpaired) electrons. The van der Waals surface area contributed by atoms with Gasteiger partial charge in [0.1, 0.15) is 5.75 Å². The van der Waals surface area contributed by atoms with Gasteiger partial charge < -0.3 is 9.47 Å². The molecule has 1 saturated heterocycles. The highest BCUT2D eigenvalue weighted by Crippen LogP contribution is 2.25. The summed E-state index contributed by atoms with van der Waals surface area (Å²) in [7, 11) is 0. The lowest BCUT2D eigenvalue weighted by molar-refractivity contribution is -0.0499. The minimum Gasteiger partial charge on any atom is -0.435 e. The Morgan fingerprint density at radius 3 is 2.50 bits per heavy atom. The van der Waals surface area contributed by atoms with Crippen molar-refractivity contribution in [2.45, 2.75) is 19.3 Å². The van der Waals surface area contributed by atoms with Crippen LogP contribution in [-0.4, -0.2) is 31.2 Å². The number of hydrogen-bond donors (Lipinski definition) is 0. The van der Waals surface area contributed by atoms with Crippen molar-refractivity contribution < 1.29 is 18.3 Å². The van der Waals surface area contributed by atoms with Crippen LogP contribution >= 0.6 is 11.6 Å². The Balaban J connectivity index is 1.59. The van der Waals surface area contributed by atoms with Gasteiger partial charge in [-0.1, -0.05) is 35.9 Å². The van der Waals surface area contributed by atoms with Crippen LogP contribution in [0.1, 0.15) is 17.2 Å². The van der Waals surface area contributed by atoms with E-state index in [-0.39, 0.29) is 11.9 Å². The van der Waals surface area contributed by atoms with E-state index in [1.54, 1.807) is 12.1 Å². The lowest BCUT2D eigenvalue weighted by atomic mass is 10.1. The molecule has 1 heterocycles. The van der Waals surface area contributed by atoms with Gasteiger partial charge in [0.05, 0.1) is 12.7 Å². The molecule has 0 N–H and O–H groups in total. The Bertz CT molecular complexity index is 649. The summed E-state index contributed by atoms with van der Waals surface area (Å²) in [5.74, 6) is 0.176. The molecule has 128 valence electrons. The predicted octanol–water partition coefficient (Wildman–Crippen LogP) is 4.51. The van der Waals surface area contributed by atoms with Crippen LogP contribution in [-0.2, 0) is 11.3 Å². The van der Waals surface area contributed by atoms with E-state index in [2.05, 4.69) is 9.64 Å². The Hall–Kier alpha value is -1.69. The maximum Gasteiger partial charge on any atom is 0.387 e. The summed E-state index contributed by atoms with van der Waals surface area (Å²) in [6, 6.07) is 14.4. The molecule has 1 aliphatic heterocycles. The molecular formula is C18H18ClF2NO2. The average molecular weight is 354 g/mol. The van der Waals surface area contributed by atoms with Crippen molar-refractivity contribution in [3.8, 4) is 5.75 Å². The second kappa shape index (κ2) is 7.92. The molecule has 0 saturated carbocycles. The predicted molar refractivity (Wildman–Crippen MR) is 88.5 cm³/mol. The lowest BCUT2D eigenvalue weighted by Crippen LogP contribution is -2.37. The lowest BCUT2D eigenvalue weighted by Gasteiger charge is -2.33. The highest BCUT2D eigenvalue weighted by Gasteiger charge is 2.22. The van der Waals surface area contributed by atoms with Crippen LogP contribution in [0.4, 0.5) is 8.78 Å². The SMILES string of the molecule is FC(F)Oc1ccc(CN2CCO[C@@H](c3ccc(Cl)cc3)C2)cc1. The summed E-state index contributed by atoms with van der Waals surface area (Å²) in [6.45, 7) is 0.202. The molecule has 3 rings (SSSR count). The van der Waals surface area contributed by atoms with Crippen molar-refractivity contribution in [2.75, 3.05) is 19.7 Å². The molecule has 0 amide bonds. The summed E-state index contributed by atoms with van der Waals surface area (Å²) in [4.78, 5) is 2.28. The first-order valence-corrected chi connectivity index (χ1v) is 8.11. The van der Waals surface area contributed by atoms with E-state index in [4.69, 9.17) is 16.3 Å². The average Bonchev–Trinajstić information content (AvgIpc) is 2.57. The fourth-order valence-electron chi connectivity index (χ4n) is 2.76. The molecule has 3 nitrogen and oxygen atoms in total. The number of halogens is 3. The van der Waals surface area contributed by atoms with Gasteiger partial charge in [-0.2, -0.15) is 8.78 Å². The first-order chi connectivity index (χ1) is 11.6. The molecule has 0 bridgehead atoms. The van der Waals surface area contributed by atoms with Crippen molar-refractivity contribution in [2.24, 2.45) is 0 Å². The second-order valence-electron chi connectivity index (χ2n) is 5.67. The fourth-order valence-corrected chi connectivity index (χ4v) is 2.89. The summed E-state index contributed by atoms with van der Waals surface area (Å²) in [5, 5.41) is 0.706. The molecule has 0 aliphatic carbocycles. The zero-order valence-electron chi connectivity index (χ0n) is 13.0. The molecule has 2 aromatic rings. The largest absolute Gasteiger partial charge is 0.435 e. The van der Waals surface area contributed by atoms with Gasteiger partial charge >= 0.3 is 6.61 Å². The monoisotopic (exact) mass is 353 g/mol. The molecule has 1 atom stereocenters. The van der Waals surface area contributed by atoms with Crippen LogP contribution in [0.2, 0.25) is 5.02 Å². The third-order valence-corrected chi connectivity index (χ3v) is 4.20. The van der Waals surface area contributed by atoms with Gasteiger partial charge in [-0.15, -0.1) is 0 Å². The summed E-state index contributed by atoms with van der Waals surface area (Å²) in [6.07, 6.45) is 0.0115. The van der Waals surface area contributed by atoms with Gasteiger partial charge in [0, 0.05) is 24.7 Å². The molecule has 1 fully saturated rings. The molecule has 24 heavy (non-hydrogen) atoms. The van der Waals surface area contributed by atoms with Crippen molar-refractivity contribution in [1.29, 1.82) is 0 Å². The number of alkyl halides is 2. The molecule has 0 aromatic heterocycles. The van der Waals surface area contributed by atoms with E-state index < -0.39 is 6.61 Å². The van der Waals surface area contributed by atoms with Crippen molar-refractivity contribution in [3.63, 3.8) is 0 Å². The highest BCUT2D eigenvalue weighted by atomic mass is 35.5. The quantitative estimate of drug-likeness (QED) is 0.789. The van der Waals surface area contributed by atoms with Crippen molar-refractivity contribution in [1.82, 2.24) is 4.90 Å². The second-order valence-corrected chi connectivity index (χ2v) is 6.10. The van der Waals surface area contributed by atoms with Gasteiger partial charge in [-0.25, -0.2) is 0 Å². The number of rotatable bonds is 5. The fraction of sp³-hybridized carbons (Fsp3) is 0.333. The van der Waals surface area contributed by atoms with Crippen molar-refractivity contribution in [3.05, 3.63) is 64.7 Å². The standard InChI is InChI=1S/C18H18ClF2NO2/c19-15-5-3-14(4-6-15)17-12-22(9-10-23-17)11-13-1-7-16(8-2-13)24-18(20)21/h1-8,17-18H,9-12H2/t17-/m1/s1. The van der Waals surface area contributed by atoms with E-state index in [9.17, 15) is 8.78 Å². The maximum absolute atomic E-state index is 12.2. The van der Waals surface area contributed by atoms with Crippen LogP contribution in [0, 0.1) is 0 Å². The number of morpholine rings is 1. The van der Waals surface area contributed by atoms with Crippen LogP contribution < -0.4 is 4.74 Å². The topological polar surface area (TPSA) is 21.7 Å². The number of nitrogens with zero attached hydrogens (tertiary/aromatic N) is 1. The molecule has 6 heteroatoms. The van der Waals surface area contributed by atoms with Gasteiger partial charge in [0.15, 0.2) is 0 Å². The summed E-state index contributed by atoms with van der Waals surface area (Å²) < 4.78 is 34.6. The third-order valence-electron chi connectivity index (χ3n) is 3.95. The van der Waals surface area contributed by atoms with E-state index >= 15 is 0 Å². The first-order valence-electron chi connectivity index (χ1n) is 7.73. The van der Waals surface area contributed by atoms with E-state index in [0.717, 1.165) is 30.8 Å². The Kier molecular flexibility index (Phi) is 5.66. The molecule has 0 spiro atoms. The molecular weight excluding hydrogens is 336 g/mol. The highest BCUT2D eigenvalue weighted by molar-refractivity contribution is 6.30. The number of benzene rings is 2. The van der Waals surface area contributed by atoms with Gasteiger partial charge in [-0.05, 0) is 35.4 Å². The van der Waals surface area contributed by atoms with Crippen LogP contribution in [0.25, 0.3) is 0 Å². The first kappa shape index (κ1) is 17.1. The number of hydrogen-bond acceptors (Lipinski definition) is 3. The van der Waals surface area contributed by atoms with Crippen LogP contribution in [0.3, 0.4) is 0 Å². The summed E-state index contributed by atoms with van der Waals surface area (Å²) >= 11 is 5.92. The zero-order chi connectivity index (χ0) is 16.9. The Morgan fingerprint density at radius 1 is 1.12 bits per heavy atom. The normalized spacial score (nSPS) is 18.8. The van der Waals surface area contributed by atoms with Gasteiger partial charge in [-0.3, -0.25) is 4.90 Å². The van der Waals surface area contributed by atoms with E-state index in [0.29, 0.717) is 11.6 Å². The van der Waals surface area contributed by atoms with E-state index in [1.807, 2.05) is 36.4 Å². The molecule has 1 aliphatic rings. The number of ether oxygens (including phenoxy) is 2.